The summed E-state index contributed by atoms with van der Waals surface area (Å²) in [7, 11) is 3.05. The molecule has 8 heteroatoms. The number of hydrogen-bond donors (Lipinski definition) is 3. The summed E-state index contributed by atoms with van der Waals surface area (Å²) in [6, 6.07) is 0. The minimum absolute atomic E-state index is 0.173. The number of hydrogen-bond acceptors (Lipinski definition) is 5. The fourth-order valence-electron chi connectivity index (χ4n) is 0.601. The van der Waals surface area contributed by atoms with E-state index >= 15 is 0 Å². The van der Waals surface area contributed by atoms with E-state index in [9.17, 15) is 9.59 Å². The van der Waals surface area contributed by atoms with E-state index in [-0.39, 0.29) is 11.8 Å². The van der Waals surface area contributed by atoms with Crippen LogP contribution in [0.15, 0.2) is 5.10 Å². The standard InChI is InChI=1S/C8H16N4O2S2/c1-6(9)11-12-8(14)3-5-16-15-4-2-7(10)13/h2-5H2,1H3,(H2,9,11)(H2,10,13)(H,12,14). The van der Waals surface area contributed by atoms with Gasteiger partial charge in [0, 0.05) is 24.3 Å². The van der Waals surface area contributed by atoms with Crippen molar-refractivity contribution < 1.29 is 9.59 Å². The Morgan fingerprint density at radius 3 is 2.25 bits per heavy atom. The van der Waals surface area contributed by atoms with Gasteiger partial charge in [-0.3, -0.25) is 9.59 Å². The first-order valence-corrected chi connectivity index (χ1v) is 7.12. The summed E-state index contributed by atoms with van der Waals surface area (Å²) in [5, 5.41) is 3.58. The summed E-state index contributed by atoms with van der Waals surface area (Å²) in [6.45, 7) is 1.59. The molecule has 0 aliphatic heterocycles. The van der Waals surface area contributed by atoms with E-state index in [4.69, 9.17) is 11.5 Å². The molecule has 0 saturated carbocycles. The van der Waals surface area contributed by atoms with E-state index in [1.165, 1.54) is 21.6 Å². The van der Waals surface area contributed by atoms with E-state index in [1.54, 1.807) is 6.92 Å². The summed E-state index contributed by atoms with van der Waals surface area (Å²) < 4.78 is 0. The van der Waals surface area contributed by atoms with Crippen LogP contribution in [-0.2, 0) is 9.59 Å². The van der Waals surface area contributed by atoms with Gasteiger partial charge in [-0.25, -0.2) is 5.43 Å². The second-order valence-corrected chi connectivity index (χ2v) is 5.60. The predicted molar refractivity (Wildman–Crippen MR) is 68.8 cm³/mol. The fourth-order valence-corrected chi connectivity index (χ4v) is 2.60. The van der Waals surface area contributed by atoms with Crippen LogP contribution in [-0.4, -0.2) is 29.2 Å². The molecule has 0 rings (SSSR count). The lowest BCUT2D eigenvalue weighted by Crippen LogP contribution is -2.21. The topological polar surface area (TPSA) is 111 Å². The summed E-state index contributed by atoms with van der Waals surface area (Å²) in [5.41, 5.74) is 12.5. The van der Waals surface area contributed by atoms with Crippen molar-refractivity contribution in [3.63, 3.8) is 0 Å². The van der Waals surface area contributed by atoms with Gasteiger partial charge in [-0.1, -0.05) is 21.6 Å². The van der Waals surface area contributed by atoms with Crippen molar-refractivity contribution in [1.82, 2.24) is 5.43 Å². The zero-order valence-electron chi connectivity index (χ0n) is 9.06. The van der Waals surface area contributed by atoms with Gasteiger partial charge in [-0.2, -0.15) is 5.10 Å². The molecule has 2 amide bonds. The number of nitrogens with one attached hydrogen (secondary N) is 1. The summed E-state index contributed by atoms with van der Waals surface area (Å²) in [4.78, 5) is 21.5. The molecule has 6 nitrogen and oxygen atoms in total. The van der Waals surface area contributed by atoms with Gasteiger partial charge in [0.2, 0.25) is 11.8 Å². The van der Waals surface area contributed by atoms with Gasteiger partial charge >= 0.3 is 0 Å². The maximum absolute atomic E-state index is 11.1. The van der Waals surface area contributed by atoms with Crippen molar-refractivity contribution in [1.29, 1.82) is 0 Å². The van der Waals surface area contributed by atoms with Crippen molar-refractivity contribution >= 4 is 39.2 Å². The number of amides is 2. The lowest BCUT2D eigenvalue weighted by molar-refractivity contribution is -0.120. The average Bonchev–Trinajstić information content (AvgIpc) is 2.19. The number of primary amides is 1. The lowest BCUT2D eigenvalue weighted by atomic mass is 10.5. The second-order valence-electron chi connectivity index (χ2n) is 2.90. The molecule has 0 spiro atoms. The van der Waals surface area contributed by atoms with Crippen LogP contribution in [0.25, 0.3) is 0 Å². The first-order valence-electron chi connectivity index (χ1n) is 4.63. The first-order chi connectivity index (χ1) is 7.52. The molecule has 0 aromatic rings. The van der Waals surface area contributed by atoms with E-state index in [0.29, 0.717) is 30.2 Å². The molecule has 92 valence electrons. The highest BCUT2D eigenvalue weighted by atomic mass is 33.1. The zero-order chi connectivity index (χ0) is 12.4. The average molecular weight is 264 g/mol. The monoisotopic (exact) mass is 264 g/mol. The molecular weight excluding hydrogens is 248 g/mol. The largest absolute Gasteiger partial charge is 0.386 e. The van der Waals surface area contributed by atoms with Crippen molar-refractivity contribution in [3.05, 3.63) is 0 Å². The Kier molecular flexibility index (Phi) is 8.82. The SMILES string of the molecule is C/C(N)=N/NC(=O)CCSSCCC(N)=O. The van der Waals surface area contributed by atoms with Gasteiger partial charge in [0.25, 0.3) is 0 Å². The summed E-state index contributed by atoms with van der Waals surface area (Å²) in [6.07, 6.45) is 0.728. The quantitative estimate of drug-likeness (QED) is 0.188. The van der Waals surface area contributed by atoms with Gasteiger partial charge in [-0.05, 0) is 6.92 Å². The Hall–Kier alpha value is -0.890. The maximum Gasteiger partial charge on any atom is 0.240 e. The molecule has 0 atom stereocenters. The van der Waals surface area contributed by atoms with Crippen molar-refractivity contribution in [2.45, 2.75) is 19.8 Å². The zero-order valence-corrected chi connectivity index (χ0v) is 10.7. The molecule has 0 radical (unpaired) electrons. The number of nitrogens with two attached hydrogens (primary N) is 2. The molecule has 0 aromatic carbocycles. The first kappa shape index (κ1) is 15.1. The van der Waals surface area contributed by atoms with Gasteiger partial charge in [-0.15, -0.1) is 0 Å². The highest BCUT2D eigenvalue weighted by Gasteiger charge is 2.00. The third-order valence-electron chi connectivity index (χ3n) is 1.28. The molecule has 0 aliphatic carbocycles. The van der Waals surface area contributed by atoms with Gasteiger partial charge in [0.05, 0.1) is 0 Å². The Labute approximate surface area is 102 Å². The van der Waals surface area contributed by atoms with Crippen molar-refractivity contribution in [2.75, 3.05) is 11.5 Å². The molecule has 0 aromatic heterocycles. The Balaban J connectivity index is 3.35. The number of carbonyl (C=O) groups is 2. The van der Waals surface area contributed by atoms with Crippen LogP contribution in [0.2, 0.25) is 0 Å². The van der Waals surface area contributed by atoms with Crippen molar-refractivity contribution in [2.24, 2.45) is 16.6 Å². The third kappa shape index (κ3) is 11.2. The van der Waals surface area contributed by atoms with Gasteiger partial charge in [0.15, 0.2) is 0 Å². The molecule has 0 heterocycles. The van der Waals surface area contributed by atoms with Crippen molar-refractivity contribution in [3.8, 4) is 0 Å². The van der Waals surface area contributed by atoms with Crippen LogP contribution in [0.4, 0.5) is 0 Å². The van der Waals surface area contributed by atoms with Gasteiger partial charge < -0.3 is 11.5 Å². The number of amidine groups is 1. The number of hydrazone groups is 1. The van der Waals surface area contributed by atoms with Crippen LogP contribution in [0.5, 0.6) is 0 Å². The molecular formula is C8H16N4O2S2. The van der Waals surface area contributed by atoms with E-state index < -0.39 is 0 Å². The van der Waals surface area contributed by atoms with Crippen LogP contribution in [0, 0.1) is 0 Å². The number of carbonyl (C=O) groups excluding carboxylic acids is 2. The minimum atomic E-state index is -0.307. The normalized spacial score (nSPS) is 11.2. The molecule has 16 heavy (non-hydrogen) atoms. The Bertz CT molecular complexity index is 267. The van der Waals surface area contributed by atoms with Crippen LogP contribution in [0.3, 0.4) is 0 Å². The van der Waals surface area contributed by atoms with Crippen LogP contribution >= 0.6 is 21.6 Å². The van der Waals surface area contributed by atoms with Crippen LogP contribution < -0.4 is 16.9 Å². The molecule has 0 saturated heterocycles. The summed E-state index contributed by atoms with van der Waals surface area (Å²) in [5.74, 6) is 1.17. The molecule has 0 bridgehead atoms. The van der Waals surface area contributed by atoms with Gasteiger partial charge in [0.1, 0.15) is 5.84 Å². The number of rotatable bonds is 8. The van der Waals surface area contributed by atoms with E-state index in [2.05, 4.69) is 10.5 Å². The molecule has 0 fully saturated rings. The van der Waals surface area contributed by atoms with E-state index in [1.807, 2.05) is 0 Å². The van der Waals surface area contributed by atoms with E-state index in [0.717, 1.165) is 0 Å². The highest BCUT2D eigenvalue weighted by Crippen LogP contribution is 2.22. The summed E-state index contributed by atoms with van der Waals surface area (Å²) >= 11 is 0. The maximum atomic E-state index is 11.1. The third-order valence-corrected chi connectivity index (χ3v) is 3.69. The predicted octanol–water partition coefficient (Wildman–Crippen LogP) is 0.0416. The molecule has 5 N–H and O–H groups in total. The lowest BCUT2D eigenvalue weighted by Gasteiger charge is -2.00. The smallest absolute Gasteiger partial charge is 0.240 e. The Morgan fingerprint density at radius 2 is 1.75 bits per heavy atom. The molecule has 0 unspecified atom stereocenters. The molecule has 0 aliphatic rings. The number of nitrogens with zero attached hydrogens (tertiary/aromatic N) is 1. The highest BCUT2D eigenvalue weighted by molar-refractivity contribution is 8.76. The van der Waals surface area contributed by atoms with Crippen LogP contribution in [0.1, 0.15) is 19.8 Å². The Morgan fingerprint density at radius 1 is 1.19 bits per heavy atom. The minimum Gasteiger partial charge on any atom is -0.386 e. The second kappa shape index (κ2) is 9.34. The fraction of sp³-hybridized carbons (Fsp3) is 0.625.